The molecule has 1 aromatic heterocycles. The normalized spacial score (nSPS) is 15.4. The van der Waals surface area contributed by atoms with Gasteiger partial charge in [-0.2, -0.15) is 0 Å². The average molecular weight is 374 g/mol. The van der Waals surface area contributed by atoms with Gasteiger partial charge in [0.2, 0.25) is 0 Å². The lowest BCUT2D eigenvalue weighted by molar-refractivity contribution is 0.104. The number of benzene rings is 2. The highest BCUT2D eigenvalue weighted by Crippen LogP contribution is 2.18. The first-order chi connectivity index (χ1) is 13.6. The minimum Gasteiger partial charge on any atom is -0.422 e. The van der Waals surface area contributed by atoms with E-state index in [2.05, 4.69) is 29.0 Å². The fourth-order valence-electron chi connectivity index (χ4n) is 3.36. The van der Waals surface area contributed by atoms with E-state index in [9.17, 15) is 9.59 Å². The van der Waals surface area contributed by atoms with Crippen molar-refractivity contribution in [2.75, 3.05) is 38.1 Å². The summed E-state index contributed by atoms with van der Waals surface area (Å²) >= 11 is 0. The fourth-order valence-corrected chi connectivity index (χ4v) is 3.36. The molecule has 0 amide bonds. The lowest BCUT2D eigenvalue weighted by Gasteiger charge is -2.34. The molecule has 0 spiro atoms. The second-order valence-corrected chi connectivity index (χ2v) is 7.06. The number of piperazine rings is 1. The molecule has 0 bridgehead atoms. The highest BCUT2D eigenvalue weighted by atomic mass is 16.4. The Kier molecular flexibility index (Phi) is 5.08. The Balaban J connectivity index is 1.49. The first-order valence-electron chi connectivity index (χ1n) is 9.39. The molecule has 0 atom stereocenters. The number of nitrogens with zero attached hydrogens (tertiary/aromatic N) is 2. The maximum atomic E-state index is 12.5. The SMILES string of the molecule is CN1CCN(c2ccc(/C=C/C(=O)c3cc4ccccc4oc3=O)cc2)CC1. The third-order valence-corrected chi connectivity index (χ3v) is 5.10. The lowest BCUT2D eigenvalue weighted by Crippen LogP contribution is -2.44. The summed E-state index contributed by atoms with van der Waals surface area (Å²) < 4.78 is 5.24. The molecular weight excluding hydrogens is 352 g/mol. The second kappa shape index (κ2) is 7.82. The van der Waals surface area contributed by atoms with Crippen molar-refractivity contribution in [3.8, 4) is 0 Å². The van der Waals surface area contributed by atoms with E-state index in [0.29, 0.717) is 5.58 Å². The zero-order valence-corrected chi connectivity index (χ0v) is 15.8. The molecule has 28 heavy (non-hydrogen) atoms. The third-order valence-electron chi connectivity index (χ3n) is 5.10. The van der Waals surface area contributed by atoms with Gasteiger partial charge in [0, 0.05) is 37.3 Å². The van der Waals surface area contributed by atoms with Gasteiger partial charge in [-0.15, -0.1) is 0 Å². The van der Waals surface area contributed by atoms with Gasteiger partial charge >= 0.3 is 5.63 Å². The van der Waals surface area contributed by atoms with Crippen molar-refractivity contribution in [1.29, 1.82) is 0 Å². The summed E-state index contributed by atoms with van der Waals surface area (Å²) in [5, 5.41) is 0.732. The number of carbonyl (C=O) groups excluding carboxylic acids is 1. The predicted octanol–water partition coefficient (Wildman–Crippen LogP) is 3.44. The Hall–Kier alpha value is -3.18. The maximum absolute atomic E-state index is 12.5. The summed E-state index contributed by atoms with van der Waals surface area (Å²) in [7, 11) is 2.14. The van der Waals surface area contributed by atoms with E-state index in [1.165, 1.54) is 11.8 Å². The standard InChI is InChI=1S/C23H22N2O3/c1-24-12-14-25(15-13-24)19-9-6-17(7-10-19)8-11-21(26)20-16-18-4-2-3-5-22(18)28-23(20)27/h2-11,16H,12-15H2,1H3/b11-8+. The monoisotopic (exact) mass is 374 g/mol. The van der Waals surface area contributed by atoms with E-state index in [1.54, 1.807) is 24.3 Å². The lowest BCUT2D eigenvalue weighted by atomic mass is 10.1. The molecular formula is C23H22N2O3. The molecule has 3 aromatic rings. The summed E-state index contributed by atoms with van der Waals surface area (Å²) in [6.45, 7) is 4.15. The number of allylic oxidation sites excluding steroid dienone is 1. The second-order valence-electron chi connectivity index (χ2n) is 7.06. The smallest absolute Gasteiger partial charge is 0.347 e. The van der Waals surface area contributed by atoms with Crippen molar-refractivity contribution in [2.45, 2.75) is 0 Å². The molecule has 0 unspecified atom stereocenters. The van der Waals surface area contributed by atoms with E-state index in [0.717, 1.165) is 37.1 Å². The molecule has 142 valence electrons. The number of anilines is 1. The number of likely N-dealkylation sites (N-methyl/N-ethyl adjacent to an activating group) is 1. The van der Waals surface area contributed by atoms with Gasteiger partial charge in [0.15, 0.2) is 5.78 Å². The predicted molar refractivity (Wildman–Crippen MR) is 112 cm³/mol. The molecule has 1 aliphatic heterocycles. The van der Waals surface area contributed by atoms with Crippen molar-refractivity contribution in [3.05, 3.63) is 82.2 Å². The van der Waals surface area contributed by atoms with Crippen LogP contribution in [0.2, 0.25) is 0 Å². The zero-order chi connectivity index (χ0) is 19.5. The summed E-state index contributed by atoms with van der Waals surface area (Å²) in [6.07, 6.45) is 3.15. The number of hydrogen-bond donors (Lipinski definition) is 0. The molecule has 0 radical (unpaired) electrons. The number of para-hydroxylation sites is 1. The van der Waals surface area contributed by atoms with E-state index in [1.807, 2.05) is 24.3 Å². The largest absolute Gasteiger partial charge is 0.422 e. The van der Waals surface area contributed by atoms with E-state index < -0.39 is 5.63 Å². The van der Waals surface area contributed by atoms with Crippen LogP contribution < -0.4 is 10.5 Å². The average Bonchev–Trinajstić information content (AvgIpc) is 2.72. The van der Waals surface area contributed by atoms with Gasteiger partial charge in [-0.05, 0) is 43.0 Å². The minimum absolute atomic E-state index is 0.0454. The van der Waals surface area contributed by atoms with Crippen molar-refractivity contribution in [1.82, 2.24) is 4.90 Å². The third kappa shape index (κ3) is 3.89. The number of fused-ring (bicyclic) bond motifs is 1. The quantitative estimate of drug-likeness (QED) is 0.398. The molecule has 0 aliphatic carbocycles. The molecule has 1 saturated heterocycles. The van der Waals surface area contributed by atoms with Crippen LogP contribution in [-0.2, 0) is 0 Å². The van der Waals surface area contributed by atoms with Gasteiger partial charge in [-0.3, -0.25) is 4.79 Å². The van der Waals surface area contributed by atoms with Crippen molar-refractivity contribution < 1.29 is 9.21 Å². The van der Waals surface area contributed by atoms with Crippen LogP contribution in [0.25, 0.3) is 17.0 Å². The number of hydrogen-bond acceptors (Lipinski definition) is 5. The van der Waals surface area contributed by atoms with Crippen LogP contribution in [0, 0.1) is 0 Å². The van der Waals surface area contributed by atoms with Gasteiger partial charge < -0.3 is 14.2 Å². The Bertz CT molecular complexity index is 1070. The van der Waals surface area contributed by atoms with Gasteiger partial charge in [0.1, 0.15) is 11.1 Å². The number of carbonyl (C=O) groups is 1. The number of rotatable bonds is 4. The Morgan fingerprint density at radius 1 is 1.00 bits per heavy atom. The zero-order valence-electron chi connectivity index (χ0n) is 15.8. The highest BCUT2D eigenvalue weighted by molar-refractivity contribution is 6.07. The summed E-state index contributed by atoms with van der Waals surface area (Å²) in [4.78, 5) is 29.2. The summed E-state index contributed by atoms with van der Waals surface area (Å²) in [6, 6.07) is 16.9. The Morgan fingerprint density at radius 2 is 1.71 bits per heavy atom. The highest BCUT2D eigenvalue weighted by Gasteiger charge is 2.14. The Morgan fingerprint density at radius 3 is 2.46 bits per heavy atom. The minimum atomic E-state index is -0.612. The summed E-state index contributed by atoms with van der Waals surface area (Å²) in [5.41, 5.74) is 2.01. The van der Waals surface area contributed by atoms with Crippen LogP contribution in [-0.4, -0.2) is 43.9 Å². The van der Waals surface area contributed by atoms with Crippen LogP contribution >= 0.6 is 0 Å². The topological polar surface area (TPSA) is 53.8 Å². The molecule has 2 aromatic carbocycles. The Labute approximate surface area is 163 Å². The van der Waals surface area contributed by atoms with E-state index in [-0.39, 0.29) is 11.3 Å². The molecule has 2 heterocycles. The van der Waals surface area contributed by atoms with Crippen molar-refractivity contribution >= 4 is 28.5 Å². The van der Waals surface area contributed by atoms with Gasteiger partial charge in [0.25, 0.3) is 0 Å². The first-order valence-corrected chi connectivity index (χ1v) is 9.39. The molecule has 1 fully saturated rings. The van der Waals surface area contributed by atoms with Crippen LogP contribution in [0.4, 0.5) is 5.69 Å². The maximum Gasteiger partial charge on any atom is 0.347 e. The van der Waals surface area contributed by atoms with E-state index >= 15 is 0 Å². The van der Waals surface area contributed by atoms with Crippen LogP contribution in [0.1, 0.15) is 15.9 Å². The molecule has 0 saturated carbocycles. The fraction of sp³-hybridized carbons (Fsp3) is 0.217. The molecule has 0 N–H and O–H groups in total. The number of ketones is 1. The molecule has 1 aliphatic rings. The van der Waals surface area contributed by atoms with Crippen LogP contribution in [0.5, 0.6) is 0 Å². The summed E-state index contributed by atoms with van der Waals surface area (Å²) in [5.74, 6) is -0.359. The van der Waals surface area contributed by atoms with Gasteiger partial charge in [-0.25, -0.2) is 4.79 Å². The van der Waals surface area contributed by atoms with Gasteiger partial charge in [0.05, 0.1) is 0 Å². The van der Waals surface area contributed by atoms with Crippen molar-refractivity contribution in [2.24, 2.45) is 0 Å². The molecule has 4 rings (SSSR count). The van der Waals surface area contributed by atoms with Crippen LogP contribution in [0.15, 0.2) is 69.9 Å². The first kappa shape index (κ1) is 18.2. The van der Waals surface area contributed by atoms with Crippen molar-refractivity contribution in [3.63, 3.8) is 0 Å². The van der Waals surface area contributed by atoms with Crippen LogP contribution in [0.3, 0.4) is 0 Å². The molecule has 5 nitrogen and oxygen atoms in total. The van der Waals surface area contributed by atoms with E-state index in [4.69, 9.17) is 4.42 Å². The molecule has 5 heteroatoms. The van der Waals surface area contributed by atoms with Gasteiger partial charge in [-0.1, -0.05) is 36.4 Å².